The second-order valence-corrected chi connectivity index (χ2v) is 8.32. The summed E-state index contributed by atoms with van der Waals surface area (Å²) in [5, 5.41) is 12.9. The summed E-state index contributed by atoms with van der Waals surface area (Å²) in [7, 11) is 3.20. The maximum atomic E-state index is 11.6. The maximum Gasteiger partial charge on any atom is 0.308 e. The summed E-state index contributed by atoms with van der Waals surface area (Å²) in [6.45, 7) is 3.36. The van der Waals surface area contributed by atoms with Gasteiger partial charge in [-0.05, 0) is 31.4 Å². The molecular formula is C22H26N4O4S. The van der Waals surface area contributed by atoms with Gasteiger partial charge in [0.15, 0.2) is 17.3 Å². The summed E-state index contributed by atoms with van der Waals surface area (Å²) >= 11 is 1.58. The zero-order valence-corrected chi connectivity index (χ0v) is 18.7. The fourth-order valence-electron chi connectivity index (χ4n) is 4.05. The van der Waals surface area contributed by atoms with Crippen LogP contribution < -0.4 is 19.7 Å². The van der Waals surface area contributed by atoms with Crippen LogP contribution >= 0.6 is 11.3 Å². The van der Waals surface area contributed by atoms with Gasteiger partial charge in [0.05, 0.1) is 30.3 Å². The SMILES string of the molecule is CCc1c(N2CCCC(C(=O)O)C2)nc(Nc2ccc(OC)c(OC)c2)c2ncsc12. The number of ether oxygens (including phenoxy) is 2. The van der Waals surface area contributed by atoms with Gasteiger partial charge in [0, 0.05) is 30.4 Å². The normalized spacial score (nSPS) is 16.4. The molecule has 3 aromatic rings. The zero-order valence-electron chi connectivity index (χ0n) is 17.8. The summed E-state index contributed by atoms with van der Waals surface area (Å²) in [5.41, 5.74) is 4.55. The lowest BCUT2D eigenvalue weighted by Crippen LogP contribution is -2.39. The summed E-state index contributed by atoms with van der Waals surface area (Å²) < 4.78 is 11.8. The molecule has 0 amide bonds. The number of carboxylic acids is 1. The molecule has 1 unspecified atom stereocenters. The van der Waals surface area contributed by atoms with Gasteiger partial charge in [0.2, 0.25) is 0 Å². The summed E-state index contributed by atoms with van der Waals surface area (Å²) in [5.74, 6) is 1.63. The molecule has 31 heavy (non-hydrogen) atoms. The maximum absolute atomic E-state index is 11.6. The third-order valence-corrected chi connectivity index (χ3v) is 6.51. The van der Waals surface area contributed by atoms with Crippen molar-refractivity contribution in [3.63, 3.8) is 0 Å². The Morgan fingerprint density at radius 2 is 2.13 bits per heavy atom. The molecule has 0 spiro atoms. The van der Waals surface area contributed by atoms with Crippen molar-refractivity contribution in [1.82, 2.24) is 9.97 Å². The highest BCUT2D eigenvalue weighted by molar-refractivity contribution is 7.17. The van der Waals surface area contributed by atoms with E-state index >= 15 is 0 Å². The zero-order chi connectivity index (χ0) is 22.0. The van der Waals surface area contributed by atoms with Crippen LogP contribution in [0.2, 0.25) is 0 Å². The van der Waals surface area contributed by atoms with Crippen LogP contribution in [0.25, 0.3) is 10.2 Å². The Morgan fingerprint density at radius 1 is 1.32 bits per heavy atom. The number of pyridine rings is 1. The van der Waals surface area contributed by atoms with Crippen molar-refractivity contribution in [2.45, 2.75) is 26.2 Å². The van der Waals surface area contributed by atoms with Crippen LogP contribution in [0.3, 0.4) is 0 Å². The number of piperidine rings is 1. The van der Waals surface area contributed by atoms with Crippen molar-refractivity contribution >= 4 is 44.8 Å². The molecule has 1 aromatic carbocycles. The molecule has 8 nitrogen and oxygen atoms in total. The van der Waals surface area contributed by atoms with Crippen molar-refractivity contribution in [3.05, 3.63) is 29.3 Å². The smallest absolute Gasteiger partial charge is 0.308 e. The molecule has 0 saturated carbocycles. The molecule has 4 rings (SSSR count). The lowest BCUT2D eigenvalue weighted by atomic mass is 9.97. The molecule has 2 N–H and O–H groups in total. The van der Waals surface area contributed by atoms with E-state index in [9.17, 15) is 9.90 Å². The number of hydrogen-bond acceptors (Lipinski definition) is 8. The van der Waals surface area contributed by atoms with Crippen LogP contribution in [-0.4, -0.2) is 48.4 Å². The predicted molar refractivity (Wildman–Crippen MR) is 122 cm³/mol. The van der Waals surface area contributed by atoms with E-state index in [0.29, 0.717) is 30.3 Å². The molecule has 2 aromatic heterocycles. The molecule has 1 aliphatic rings. The van der Waals surface area contributed by atoms with Gasteiger partial charge >= 0.3 is 5.97 Å². The van der Waals surface area contributed by atoms with Crippen LogP contribution in [-0.2, 0) is 11.2 Å². The number of aliphatic carboxylic acids is 1. The lowest BCUT2D eigenvalue weighted by Gasteiger charge is -2.33. The van der Waals surface area contributed by atoms with Crippen molar-refractivity contribution in [3.8, 4) is 11.5 Å². The molecule has 3 heterocycles. The third-order valence-electron chi connectivity index (χ3n) is 5.62. The Labute approximate surface area is 184 Å². The molecule has 1 atom stereocenters. The van der Waals surface area contributed by atoms with E-state index in [2.05, 4.69) is 22.1 Å². The summed E-state index contributed by atoms with van der Waals surface area (Å²) in [6.07, 6.45) is 2.33. The number of nitrogens with zero attached hydrogens (tertiary/aromatic N) is 3. The minimum atomic E-state index is -0.745. The number of carboxylic acid groups (broad SMARTS) is 1. The number of thiazole rings is 1. The fourth-order valence-corrected chi connectivity index (χ4v) is 4.95. The van der Waals surface area contributed by atoms with Gasteiger partial charge in [-0.25, -0.2) is 9.97 Å². The molecule has 0 radical (unpaired) electrons. The van der Waals surface area contributed by atoms with Gasteiger partial charge in [-0.2, -0.15) is 0 Å². The van der Waals surface area contributed by atoms with Gasteiger partial charge in [-0.15, -0.1) is 11.3 Å². The van der Waals surface area contributed by atoms with Crippen molar-refractivity contribution in [2.75, 3.05) is 37.5 Å². The number of aryl methyl sites for hydroxylation is 1. The molecule has 1 aliphatic heterocycles. The average molecular weight is 443 g/mol. The van der Waals surface area contributed by atoms with Crippen LogP contribution in [0, 0.1) is 5.92 Å². The van der Waals surface area contributed by atoms with Gasteiger partial charge < -0.3 is 24.8 Å². The first-order valence-electron chi connectivity index (χ1n) is 10.3. The van der Waals surface area contributed by atoms with Gasteiger partial charge in [-0.3, -0.25) is 4.79 Å². The highest BCUT2D eigenvalue weighted by Gasteiger charge is 2.28. The van der Waals surface area contributed by atoms with Crippen LogP contribution in [0.15, 0.2) is 23.7 Å². The quantitative estimate of drug-likeness (QED) is 0.559. The molecular weight excluding hydrogens is 416 g/mol. The highest BCUT2D eigenvalue weighted by atomic mass is 32.1. The minimum Gasteiger partial charge on any atom is -0.493 e. The second kappa shape index (κ2) is 8.97. The van der Waals surface area contributed by atoms with E-state index < -0.39 is 5.97 Å². The standard InChI is InChI=1S/C22H26N4O4S/c1-4-15-19-18(23-12-31-19)20(24-14-7-8-16(29-2)17(10-14)30-3)25-21(15)26-9-5-6-13(11-26)22(27)28/h7-8,10,12-13H,4-6,9,11H2,1-3H3,(H,24,25)(H,27,28). The Hall–Kier alpha value is -3.07. The number of carbonyl (C=O) groups is 1. The first-order valence-corrected chi connectivity index (χ1v) is 11.2. The number of anilines is 3. The van der Waals surface area contributed by atoms with Crippen molar-refractivity contribution < 1.29 is 19.4 Å². The summed E-state index contributed by atoms with van der Waals surface area (Å²) in [4.78, 5) is 23.2. The number of fused-ring (bicyclic) bond motifs is 1. The molecule has 0 bridgehead atoms. The number of rotatable bonds is 7. The van der Waals surface area contributed by atoms with E-state index in [0.717, 1.165) is 46.7 Å². The Balaban J connectivity index is 1.76. The van der Waals surface area contributed by atoms with E-state index in [-0.39, 0.29) is 5.92 Å². The van der Waals surface area contributed by atoms with E-state index in [1.54, 1.807) is 25.6 Å². The molecule has 164 valence electrons. The number of nitrogens with one attached hydrogen (secondary N) is 1. The van der Waals surface area contributed by atoms with Crippen LogP contribution in [0.4, 0.5) is 17.3 Å². The first-order chi connectivity index (χ1) is 15.0. The Bertz CT molecular complexity index is 1100. The first kappa shape index (κ1) is 21.2. The topological polar surface area (TPSA) is 96.8 Å². The van der Waals surface area contributed by atoms with E-state index in [1.165, 1.54) is 0 Å². The molecule has 1 saturated heterocycles. The number of methoxy groups -OCH3 is 2. The largest absolute Gasteiger partial charge is 0.493 e. The predicted octanol–water partition coefficient (Wildman–Crippen LogP) is 4.32. The fraction of sp³-hybridized carbons (Fsp3) is 0.409. The number of aromatic nitrogens is 2. The van der Waals surface area contributed by atoms with Gasteiger partial charge in [-0.1, -0.05) is 6.92 Å². The number of hydrogen-bond donors (Lipinski definition) is 2. The van der Waals surface area contributed by atoms with Crippen molar-refractivity contribution in [2.24, 2.45) is 5.92 Å². The number of benzene rings is 1. The van der Waals surface area contributed by atoms with E-state index in [1.807, 2.05) is 23.7 Å². The monoisotopic (exact) mass is 442 g/mol. The Kier molecular flexibility index (Phi) is 6.13. The third kappa shape index (κ3) is 4.10. The average Bonchev–Trinajstić information content (AvgIpc) is 3.29. The molecule has 0 aliphatic carbocycles. The second-order valence-electron chi connectivity index (χ2n) is 7.46. The van der Waals surface area contributed by atoms with Crippen LogP contribution in [0.1, 0.15) is 25.3 Å². The lowest BCUT2D eigenvalue weighted by molar-refractivity contribution is -0.141. The molecule has 9 heteroatoms. The minimum absolute atomic E-state index is 0.375. The van der Waals surface area contributed by atoms with Crippen molar-refractivity contribution in [1.29, 1.82) is 0 Å². The molecule has 1 fully saturated rings. The highest BCUT2D eigenvalue weighted by Crippen LogP contribution is 2.38. The van der Waals surface area contributed by atoms with Gasteiger partial charge in [0.1, 0.15) is 11.3 Å². The van der Waals surface area contributed by atoms with E-state index in [4.69, 9.17) is 14.5 Å². The Morgan fingerprint density at radius 3 is 2.84 bits per heavy atom. The summed E-state index contributed by atoms with van der Waals surface area (Å²) in [6, 6.07) is 5.59. The van der Waals surface area contributed by atoms with Crippen LogP contribution in [0.5, 0.6) is 11.5 Å². The van der Waals surface area contributed by atoms with Gasteiger partial charge in [0.25, 0.3) is 0 Å².